The number of nitrogens with zero attached hydrogens (tertiary/aromatic N) is 1. The molecule has 0 radical (unpaired) electrons. The Morgan fingerprint density at radius 3 is 2.38 bits per heavy atom. The molecular formula is C14H20N4O3. The summed E-state index contributed by atoms with van der Waals surface area (Å²) in [5, 5.41) is 2.57. The van der Waals surface area contributed by atoms with Crippen molar-refractivity contribution in [1.29, 1.82) is 0 Å². The van der Waals surface area contributed by atoms with Gasteiger partial charge in [0.25, 0.3) is 11.8 Å². The van der Waals surface area contributed by atoms with Gasteiger partial charge in [-0.1, -0.05) is 20.8 Å². The standard InChI is InChI=1S/C14H20N4O3/c1-9(16-13(21)14(2,3)4)11(19)17-18-12(20)10-6-5-7-15-8-10/h5-9H,1-4H3,(H,16,21)(H,17,19)(H,18,20). The minimum Gasteiger partial charge on any atom is -0.344 e. The zero-order valence-corrected chi connectivity index (χ0v) is 12.6. The summed E-state index contributed by atoms with van der Waals surface area (Å²) in [5.41, 5.74) is 4.25. The van der Waals surface area contributed by atoms with Gasteiger partial charge in [-0.3, -0.25) is 30.2 Å². The largest absolute Gasteiger partial charge is 0.344 e. The van der Waals surface area contributed by atoms with Crippen molar-refractivity contribution in [2.24, 2.45) is 5.41 Å². The van der Waals surface area contributed by atoms with Crippen LogP contribution < -0.4 is 16.2 Å². The van der Waals surface area contributed by atoms with Gasteiger partial charge in [-0.05, 0) is 19.1 Å². The molecule has 0 aliphatic carbocycles. The summed E-state index contributed by atoms with van der Waals surface area (Å²) in [5.74, 6) is -1.24. The van der Waals surface area contributed by atoms with E-state index < -0.39 is 23.3 Å². The van der Waals surface area contributed by atoms with E-state index in [1.54, 1.807) is 39.1 Å². The minimum atomic E-state index is -0.758. The highest BCUT2D eigenvalue weighted by Crippen LogP contribution is 2.12. The van der Waals surface area contributed by atoms with Gasteiger partial charge in [0, 0.05) is 17.8 Å². The van der Waals surface area contributed by atoms with Gasteiger partial charge >= 0.3 is 0 Å². The van der Waals surface area contributed by atoms with E-state index >= 15 is 0 Å². The second-order valence-corrected chi connectivity index (χ2v) is 5.63. The van der Waals surface area contributed by atoms with Gasteiger partial charge in [-0.15, -0.1) is 0 Å². The fraction of sp³-hybridized carbons (Fsp3) is 0.429. The molecule has 0 saturated carbocycles. The lowest BCUT2D eigenvalue weighted by Gasteiger charge is -2.21. The summed E-state index contributed by atoms with van der Waals surface area (Å²) in [6.07, 6.45) is 2.92. The first-order valence-corrected chi connectivity index (χ1v) is 6.53. The van der Waals surface area contributed by atoms with Crippen LogP contribution in [0.1, 0.15) is 38.1 Å². The van der Waals surface area contributed by atoms with Crippen LogP contribution in [0.3, 0.4) is 0 Å². The van der Waals surface area contributed by atoms with Crippen molar-refractivity contribution >= 4 is 17.7 Å². The molecule has 3 amide bonds. The predicted molar refractivity (Wildman–Crippen MR) is 76.9 cm³/mol. The van der Waals surface area contributed by atoms with Crippen molar-refractivity contribution in [1.82, 2.24) is 21.2 Å². The van der Waals surface area contributed by atoms with Gasteiger partial charge < -0.3 is 5.32 Å². The third-order valence-electron chi connectivity index (χ3n) is 2.65. The average Bonchev–Trinajstić information content (AvgIpc) is 2.44. The lowest BCUT2D eigenvalue weighted by molar-refractivity contribution is -0.133. The molecule has 0 saturated heterocycles. The highest BCUT2D eigenvalue weighted by molar-refractivity contribution is 5.96. The summed E-state index contributed by atoms with van der Waals surface area (Å²) in [6, 6.07) is 2.42. The topological polar surface area (TPSA) is 100 Å². The van der Waals surface area contributed by atoms with Crippen LogP contribution in [-0.4, -0.2) is 28.7 Å². The maximum absolute atomic E-state index is 11.8. The molecule has 21 heavy (non-hydrogen) atoms. The van der Waals surface area contributed by atoms with E-state index in [1.807, 2.05) is 0 Å². The molecular weight excluding hydrogens is 272 g/mol. The normalized spacial score (nSPS) is 12.2. The predicted octanol–water partition coefficient (Wildman–Crippen LogP) is 0.393. The summed E-state index contributed by atoms with van der Waals surface area (Å²) in [6.45, 7) is 6.78. The molecule has 0 bridgehead atoms. The Bertz CT molecular complexity index is 523. The molecule has 0 aliphatic heterocycles. The fourth-order valence-corrected chi connectivity index (χ4v) is 1.27. The second-order valence-electron chi connectivity index (χ2n) is 5.63. The van der Waals surface area contributed by atoms with Crippen LogP contribution in [0, 0.1) is 5.41 Å². The molecule has 1 heterocycles. The van der Waals surface area contributed by atoms with Gasteiger partial charge in [0.2, 0.25) is 5.91 Å². The molecule has 1 aromatic heterocycles. The molecule has 0 fully saturated rings. The van der Waals surface area contributed by atoms with E-state index in [4.69, 9.17) is 0 Å². The summed E-state index contributed by atoms with van der Waals surface area (Å²) in [4.78, 5) is 39.0. The van der Waals surface area contributed by atoms with E-state index in [0.29, 0.717) is 5.56 Å². The Labute approximate surface area is 123 Å². The van der Waals surface area contributed by atoms with Crippen LogP contribution in [-0.2, 0) is 9.59 Å². The Hall–Kier alpha value is -2.44. The maximum Gasteiger partial charge on any atom is 0.271 e. The monoisotopic (exact) mass is 292 g/mol. The number of hydrogen-bond donors (Lipinski definition) is 3. The molecule has 0 spiro atoms. The lowest BCUT2D eigenvalue weighted by Crippen LogP contribution is -2.52. The average molecular weight is 292 g/mol. The first kappa shape index (κ1) is 16.6. The number of rotatable bonds is 3. The number of hydrazine groups is 1. The number of aromatic nitrogens is 1. The molecule has 1 unspecified atom stereocenters. The Morgan fingerprint density at radius 1 is 1.19 bits per heavy atom. The van der Waals surface area contributed by atoms with Crippen LogP contribution in [0.25, 0.3) is 0 Å². The first-order valence-electron chi connectivity index (χ1n) is 6.53. The van der Waals surface area contributed by atoms with Gasteiger partial charge in [0.15, 0.2) is 0 Å². The van der Waals surface area contributed by atoms with Gasteiger partial charge in [0.1, 0.15) is 6.04 Å². The summed E-state index contributed by atoms with van der Waals surface area (Å²) >= 11 is 0. The van der Waals surface area contributed by atoms with Gasteiger partial charge in [-0.2, -0.15) is 0 Å². The number of carbonyl (C=O) groups excluding carboxylic acids is 3. The van der Waals surface area contributed by atoms with E-state index in [0.717, 1.165) is 0 Å². The number of carbonyl (C=O) groups is 3. The molecule has 1 rings (SSSR count). The van der Waals surface area contributed by atoms with Crippen LogP contribution in [0.2, 0.25) is 0 Å². The Balaban J connectivity index is 2.47. The third-order valence-corrected chi connectivity index (χ3v) is 2.65. The molecule has 7 heteroatoms. The molecule has 0 aliphatic rings. The molecule has 114 valence electrons. The molecule has 3 N–H and O–H groups in total. The van der Waals surface area contributed by atoms with Crippen molar-refractivity contribution in [2.75, 3.05) is 0 Å². The van der Waals surface area contributed by atoms with Crippen LogP contribution in [0.4, 0.5) is 0 Å². The molecule has 0 aromatic carbocycles. The fourth-order valence-electron chi connectivity index (χ4n) is 1.27. The smallest absolute Gasteiger partial charge is 0.271 e. The highest BCUT2D eigenvalue weighted by atomic mass is 16.2. The number of pyridine rings is 1. The molecule has 1 atom stereocenters. The van der Waals surface area contributed by atoms with Gasteiger partial charge in [0.05, 0.1) is 5.56 Å². The summed E-state index contributed by atoms with van der Waals surface area (Å²) in [7, 11) is 0. The minimum absolute atomic E-state index is 0.247. The quantitative estimate of drug-likeness (QED) is 0.702. The van der Waals surface area contributed by atoms with E-state index in [9.17, 15) is 14.4 Å². The van der Waals surface area contributed by atoms with E-state index in [1.165, 1.54) is 13.1 Å². The van der Waals surface area contributed by atoms with Crippen molar-refractivity contribution in [3.63, 3.8) is 0 Å². The number of amides is 3. The van der Waals surface area contributed by atoms with Crippen LogP contribution in [0.5, 0.6) is 0 Å². The zero-order chi connectivity index (χ0) is 16.0. The Kier molecular flexibility index (Phi) is 5.40. The first-order chi connectivity index (χ1) is 9.71. The molecule has 1 aromatic rings. The second kappa shape index (κ2) is 6.83. The number of hydrogen-bond acceptors (Lipinski definition) is 4. The molecule has 7 nitrogen and oxygen atoms in total. The van der Waals surface area contributed by atoms with Crippen molar-refractivity contribution in [3.8, 4) is 0 Å². The highest BCUT2D eigenvalue weighted by Gasteiger charge is 2.25. The number of nitrogens with one attached hydrogen (secondary N) is 3. The van der Waals surface area contributed by atoms with Gasteiger partial charge in [-0.25, -0.2) is 0 Å². The van der Waals surface area contributed by atoms with Crippen LogP contribution in [0.15, 0.2) is 24.5 Å². The van der Waals surface area contributed by atoms with Crippen molar-refractivity contribution in [3.05, 3.63) is 30.1 Å². The lowest BCUT2D eigenvalue weighted by atomic mass is 9.95. The maximum atomic E-state index is 11.8. The zero-order valence-electron chi connectivity index (χ0n) is 12.6. The van der Waals surface area contributed by atoms with E-state index in [2.05, 4.69) is 21.2 Å². The van der Waals surface area contributed by atoms with Crippen molar-refractivity contribution in [2.45, 2.75) is 33.7 Å². The van der Waals surface area contributed by atoms with Crippen molar-refractivity contribution < 1.29 is 14.4 Å². The third kappa shape index (κ3) is 5.21. The van der Waals surface area contributed by atoms with E-state index in [-0.39, 0.29) is 5.91 Å². The van der Waals surface area contributed by atoms with Crippen LogP contribution >= 0.6 is 0 Å². The SMILES string of the molecule is CC(NC(=O)C(C)(C)C)C(=O)NNC(=O)c1cccnc1. The summed E-state index contributed by atoms with van der Waals surface area (Å²) < 4.78 is 0. The Morgan fingerprint density at radius 2 is 1.86 bits per heavy atom.